The number of carbonyl (C=O) groups is 2. The molecule has 1 heterocycles. The van der Waals surface area contributed by atoms with Gasteiger partial charge in [-0.2, -0.15) is 0 Å². The largest absolute Gasteiger partial charge is 0.465 e. The molecule has 1 amide bonds. The number of hydrogen-bond acceptors (Lipinski definition) is 5. The molecule has 1 aromatic heterocycles. The summed E-state index contributed by atoms with van der Waals surface area (Å²) in [6.45, 7) is 4.32. The molecule has 0 fully saturated rings. The van der Waals surface area contributed by atoms with E-state index in [0.29, 0.717) is 23.6 Å². The quantitative estimate of drug-likeness (QED) is 0.617. The molecule has 0 bridgehead atoms. The fraction of sp³-hybridized carbons (Fsp3) is 0.304. The number of likely N-dealkylation sites (N-methyl/N-ethyl adjacent to an activating group) is 1. The van der Waals surface area contributed by atoms with E-state index in [9.17, 15) is 9.59 Å². The highest BCUT2D eigenvalue weighted by molar-refractivity contribution is 5.90. The van der Waals surface area contributed by atoms with Gasteiger partial charge in [-0.25, -0.2) is 4.79 Å². The average molecular weight is 394 g/mol. The maximum absolute atomic E-state index is 12.5. The smallest absolute Gasteiger partial charge is 0.341 e. The lowest BCUT2D eigenvalue weighted by Gasteiger charge is -2.19. The predicted molar refractivity (Wildman–Crippen MR) is 112 cm³/mol. The van der Waals surface area contributed by atoms with E-state index in [1.54, 1.807) is 13.0 Å². The van der Waals surface area contributed by atoms with Crippen molar-refractivity contribution in [3.8, 4) is 0 Å². The Morgan fingerprint density at radius 3 is 2.66 bits per heavy atom. The molecule has 29 heavy (non-hydrogen) atoms. The Morgan fingerprint density at radius 1 is 1.17 bits per heavy atom. The minimum atomic E-state index is -0.429. The Morgan fingerprint density at radius 2 is 1.90 bits per heavy atom. The van der Waals surface area contributed by atoms with Crippen LogP contribution >= 0.6 is 0 Å². The van der Waals surface area contributed by atoms with E-state index in [-0.39, 0.29) is 18.5 Å². The van der Waals surface area contributed by atoms with Crippen LogP contribution in [0.2, 0.25) is 0 Å². The number of nitrogens with zero attached hydrogens (tertiary/aromatic N) is 1. The van der Waals surface area contributed by atoms with Gasteiger partial charge in [0.05, 0.1) is 26.2 Å². The molecule has 152 valence electrons. The number of amides is 1. The number of carbonyl (C=O) groups excluding carboxylic acids is 2. The highest BCUT2D eigenvalue weighted by Gasteiger charge is 2.18. The van der Waals surface area contributed by atoms with E-state index in [4.69, 9.17) is 9.15 Å². The van der Waals surface area contributed by atoms with Gasteiger partial charge in [-0.15, -0.1) is 0 Å². The molecule has 0 aliphatic rings. The zero-order valence-electron chi connectivity index (χ0n) is 17.2. The van der Waals surface area contributed by atoms with Crippen molar-refractivity contribution in [3.05, 3.63) is 71.2 Å². The molecule has 2 aromatic carbocycles. The van der Waals surface area contributed by atoms with Crippen LogP contribution in [0.5, 0.6) is 0 Å². The molecular weight excluding hydrogens is 368 g/mol. The third-order valence-electron chi connectivity index (χ3n) is 4.88. The molecule has 0 aliphatic carbocycles. The van der Waals surface area contributed by atoms with Gasteiger partial charge in [-0.05, 0) is 43.3 Å². The first-order chi connectivity index (χ1) is 13.9. The van der Waals surface area contributed by atoms with Crippen LogP contribution in [0.25, 0.3) is 10.8 Å². The molecule has 0 saturated carbocycles. The summed E-state index contributed by atoms with van der Waals surface area (Å²) in [7, 11) is 3.17. The maximum Gasteiger partial charge on any atom is 0.341 e. The van der Waals surface area contributed by atoms with Gasteiger partial charge < -0.3 is 14.5 Å². The highest BCUT2D eigenvalue weighted by atomic mass is 16.5. The lowest BCUT2D eigenvalue weighted by atomic mass is 10.00. The van der Waals surface area contributed by atoms with Crippen LogP contribution in [0.15, 0.2) is 52.9 Å². The lowest BCUT2D eigenvalue weighted by molar-refractivity contribution is -0.122. The SMILES string of the molecule is COC(=O)c1cc(CN(C)CC(=O)NC(C)c2cccc3ccccc23)oc1C. The summed E-state index contributed by atoms with van der Waals surface area (Å²) in [5.41, 5.74) is 1.49. The van der Waals surface area contributed by atoms with Crippen LogP contribution in [0, 0.1) is 6.92 Å². The molecule has 0 radical (unpaired) electrons. The molecule has 0 saturated heterocycles. The summed E-state index contributed by atoms with van der Waals surface area (Å²) >= 11 is 0. The predicted octanol–water partition coefficient (Wildman–Crippen LogP) is 3.84. The van der Waals surface area contributed by atoms with Crippen molar-refractivity contribution < 1.29 is 18.7 Å². The average Bonchev–Trinajstić information content (AvgIpc) is 3.06. The van der Waals surface area contributed by atoms with Gasteiger partial charge in [0.25, 0.3) is 0 Å². The minimum absolute atomic E-state index is 0.0793. The molecule has 3 rings (SSSR count). The number of aryl methyl sites for hydroxylation is 1. The van der Waals surface area contributed by atoms with Crippen molar-refractivity contribution in [2.75, 3.05) is 20.7 Å². The first kappa shape index (κ1) is 20.6. The van der Waals surface area contributed by atoms with Gasteiger partial charge in [0.15, 0.2) is 0 Å². The summed E-state index contributed by atoms with van der Waals surface area (Å²) in [6.07, 6.45) is 0. The van der Waals surface area contributed by atoms with E-state index < -0.39 is 5.97 Å². The first-order valence-corrected chi connectivity index (χ1v) is 9.52. The summed E-state index contributed by atoms with van der Waals surface area (Å²) in [5.74, 6) is 0.612. The van der Waals surface area contributed by atoms with Crippen molar-refractivity contribution in [1.82, 2.24) is 10.2 Å². The highest BCUT2D eigenvalue weighted by Crippen LogP contribution is 2.24. The number of nitrogens with one attached hydrogen (secondary N) is 1. The van der Waals surface area contributed by atoms with Crippen molar-refractivity contribution >= 4 is 22.6 Å². The Kier molecular flexibility index (Phi) is 6.34. The van der Waals surface area contributed by atoms with E-state index in [1.807, 2.05) is 43.1 Å². The van der Waals surface area contributed by atoms with Crippen LogP contribution in [0.3, 0.4) is 0 Å². The third-order valence-corrected chi connectivity index (χ3v) is 4.88. The zero-order chi connectivity index (χ0) is 21.0. The van der Waals surface area contributed by atoms with Gasteiger partial charge in [-0.1, -0.05) is 42.5 Å². The second-order valence-electron chi connectivity index (χ2n) is 7.20. The number of benzene rings is 2. The Bertz CT molecular complexity index is 1020. The van der Waals surface area contributed by atoms with Gasteiger partial charge in [0.2, 0.25) is 5.91 Å². The number of methoxy groups -OCH3 is 1. The Balaban J connectivity index is 1.61. The fourth-order valence-corrected chi connectivity index (χ4v) is 3.49. The van der Waals surface area contributed by atoms with Crippen LogP contribution in [-0.2, 0) is 16.1 Å². The van der Waals surface area contributed by atoms with Crippen LogP contribution in [-0.4, -0.2) is 37.5 Å². The molecule has 0 aliphatic heterocycles. The monoisotopic (exact) mass is 394 g/mol. The van der Waals surface area contributed by atoms with Crippen molar-refractivity contribution in [2.24, 2.45) is 0 Å². The molecule has 3 aromatic rings. The fourth-order valence-electron chi connectivity index (χ4n) is 3.49. The van der Waals surface area contributed by atoms with E-state index in [1.165, 1.54) is 7.11 Å². The summed E-state index contributed by atoms with van der Waals surface area (Å²) in [5, 5.41) is 5.35. The van der Waals surface area contributed by atoms with Crippen molar-refractivity contribution in [1.29, 1.82) is 0 Å². The number of furan rings is 1. The zero-order valence-corrected chi connectivity index (χ0v) is 17.2. The first-order valence-electron chi connectivity index (χ1n) is 9.52. The molecule has 6 nitrogen and oxygen atoms in total. The second kappa shape index (κ2) is 8.92. The van der Waals surface area contributed by atoms with E-state index in [0.717, 1.165) is 16.3 Å². The second-order valence-corrected chi connectivity index (χ2v) is 7.20. The Hall–Kier alpha value is -3.12. The maximum atomic E-state index is 12.5. The molecule has 6 heteroatoms. The van der Waals surface area contributed by atoms with Crippen LogP contribution < -0.4 is 5.32 Å². The Labute approximate surface area is 170 Å². The van der Waals surface area contributed by atoms with Gasteiger partial charge in [-0.3, -0.25) is 9.69 Å². The van der Waals surface area contributed by atoms with E-state index >= 15 is 0 Å². The number of hydrogen-bond donors (Lipinski definition) is 1. The van der Waals surface area contributed by atoms with Crippen molar-refractivity contribution in [2.45, 2.75) is 26.4 Å². The molecule has 0 spiro atoms. The van der Waals surface area contributed by atoms with Crippen molar-refractivity contribution in [3.63, 3.8) is 0 Å². The summed E-state index contributed by atoms with van der Waals surface area (Å²) < 4.78 is 10.4. The normalized spacial score (nSPS) is 12.2. The number of rotatable bonds is 7. The molecular formula is C23H26N2O4. The topological polar surface area (TPSA) is 71.8 Å². The van der Waals surface area contributed by atoms with Crippen LogP contribution in [0.1, 0.15) is 40.4 Å². The summed E-state index contributed by atoms with van der Waals surface area (Å²) in [4.78, 5) is 26.1. The third kappa shape index (κ3) is 4.84. The van der Waals surface area contributed by atoms with E-state index in [2.05, 4.69) is 23.5 Å². The minimum Gasteiger partial charge on any atom is -0.465 e. The number of esters is 1. The molecule has 1 N–H and O–H groups in total. The standard InChI is InChI=1S/C23H26N2O4/c1-15(19-11-7-9-17-8-5-6-10-20(17)19)24-22(26)14-25(3)13-18-12-21(16(2)29-18)23(27)28-4/h5-12,15H,13-14H2,1-4H3,(H,24,26). The van der Waals surface area contributed by atoms with Gasteiger partial charge in [0, 0.05) is 0 Å². The number of fused-ring (bicyclic) bond motifs is 1. The lowest BCUT2D eigenvalue weighted by Crippen LogP contribution is -2.36. The number of ether oxygens (including phenoxy) is 1. The molecule has 1 atom stereocenters. The van der Waals surface area contributed by atoms with Gasteiger partial charge >= 0.3 is 5.97 Å². The summed E-state index contributed by atoms with van der Waals surface area (Å²) in [6, 6.07) is 15.8. The molecule has 1 unspecified atom stereocenters. The van der Waals surface area contributed by atoms with Gasteiger partial charge in [0.1, 0.15) is 17.1 Å². The van der Waals surface area contributed by atoms with Crippen LogP contribution in [0.4, 0.5) is 0 Å².